The van der Waals surface area contributed by atoms with Crippen LogP contribution in [0.25, 0.3) is 0 Å². The molecule has 0 heterocycles. The van der Waals surface area contributed by atoms with Gasteiger partial charge >= 0.3 is 132 Å². The van der Waals surface area contributed by atoms with Gasteiger partial charge in [0, 0.05) is 0 Å². The van der Waals surface area contributed by atoms with E-state index in [1.54, 1.807) is 20.3 Å². The van der Waals surface area contributed by atoms with Crippen molar-refractivity contribution in [1.29, 1.82) is 0 Å². The normalized spacial score (nSPS) is 10.1. The first kappa shape index (κ1) is 16.4. The fourth-order valence-electron chi connectivity index (χ4n) is 2.09. The van der Waals surface area contributed by atoms with Crippen LogP contribution in [0.2, 0.25) is 0 Å². The number of benzene rings is 2. The summed E-state index contributed by atoms with van der Waals surface area (Å²) in [5.41, 5.74) is 1.82. The molecule has 0 saturated carbocycles. The van der Waals surface area contributed by atoms with Crippen molar-refractivity contribution in [3.05, 3.63) is 53.6 Å². The molecule has 1 atom stereocenters. The number of hydrogen-bond donors (Lipinski definition) is 1. The van der Waals surface area contributed by atoms with Crippen LogP contribution in [0.15, 0.2) is 42.5 Å². The molecule has 0 aromatic heterocycles. The maximum absolute atomic E-state index is 12.1. The number of ether oxygens (including phenoxy) is 2. The van der Waals surface area contributed by atoms with Crippen LogP contribution in [-0.4, -0.2) is 43.5 Å². The van der Waals surface area contributed by atoms with Crippen molar-refractivity contribution < 1.29 is 14.3 Å². The second-order valence-electron chi connectivity index (χ2n) is 4.81. The van der Waals surface area contributed by atoms with E-state index in [0.717, 1.165) is 27.8 Å². The van der Waals surface area contributed by atoms with Crippen LogP contribution >= 0.6 is 0 Å². The van der Waals surface area contributed by atoms with Gasteiger partial charge in [0.1, 0.15) is 0 Å². The zero-order chi connectivity index (χ0) is 15.9. The van der Waals surface area contributed by atoms with E-state index in [1.165, 1.54) is 16.9 Å². The third-order valence-corrected chi connectivity index (χ3v) is 4.30. The van der Waals surface area contributed by atoms with E-state index in [2.05, 4.69) is 5.32 Å². The summed E-state index contributed by atoms with van der Waals surface area (Å²) in [6, 6.07) is 13.3. The predicted octanol–water partition coefficient (Wildman–Crippen LogP) is 0.935. The number of rotatable bonds is 6. The Kier molecular flexibility index (Phi) is 5.90. The van der Waals surface area contributed by atoms with Crippen molar-refractivity contribution in [2.75, 3.05) is 20.8 Å². The third kappa shape index (κ3) is 4.28. The molecule has 22 heavy (non-hydrogen) atoms. The molecule has 1 N–H and O–H groups in total. The summed E-state index contributed by atoms with van der Waals surface area (Å²) in [4.78, 5) is 12.1. The zero-order valence-electron chi connectivity index (χ0n) is 12.8. The maximum atomic E-state index is 12.1. The molecule has 4 nitrogen and oxygen atoms in total. The molecule has 116 valence electrons. The number of carbonyl (C=O) groups is 1. The van der Waals surface area contributed by atoms with E-state index in [4.69, 9.17) is 9.47 Å². The molecular formula is C17H20AsNO3. The average Bonchev–Trinajstić information content (AvgIpc) is 2.55. The van der Waals surface area contributed by atoms with E-state index in [1.807, 2.05) is 36.4 Å². The Morgan fingerprint density at radius 1 is 1.09 bits per heavy atom. The Hall–Kier alpha value is -1.93. The molecule has 0 bridgehead atoms. The van der Waals surface area contributed by atoms with Gasteiger partial charge in [-0.05, 0) is 0 Å². The first-order chi connectivity index (χ1) is 10.6. The van der Waals surface area contributed by atoms with Crippen LogP contribution in [0.3, 0.4) is 0 Å². The Bertz CT molecular complexity index is 641. The Morgan fingerprint density at radius 3 is 2.41 bits per heavy atom. The van der Waals surface area contributed by atoms with Crippen LogP contribution in [0.1, 0.15) is 15.9 Å². The fraction of sp³-hybridized carbons (Fsp3) is 0.235. The Balaban J connectivity index is 1.88. The van der Waals surface area contributed by atoms with Crippen molar-refractivity contribution in [1.82, 2.24) is 5.32 Å². The zero-order valence-corrected chi connectivity index (χ0v) is 15.2. The monoisotopic (exact) mass is 361 g/mol. The summed E-state index contributed by atoms with van der Waals surface area (Å²) in [7, 11) is 3.28. The van der Waals surface area contributed by atoms with E-state index in [9.17, 15) is 4.79 Å². The first-order valence-corrected chi connectivity index (χ1v) is 8.20. The van der Waals surface area contributed by atoms with Crippen molar-refractivity contribution in [3.8, 4) is 11.5 Å². The fourth-order valence-corrected chi connectivity index (χ4v) is 2.92. The molecule has 1 unspecified atom stereocenters. The second-order valence-corrected chi connectivity index (χ2v) is 6.12. The molecular weight excluding hydrogens is 341 g/mol. The molecule has 0 radical (unpaired) electrons. The van der Waals surface area contributed by atoms with E-state index < -0.39 is 0 Å². The molecule has 2 aromatic carbocycles. The summed E-state index contributed by atoms with van der Waals surface area (Å²) in [6.45, 7) is 0.599. The summed E-state index contributed by atoms with van der Waals surface area (Å²) in [6.07, 6.45) is 0.787. The van der Waals surface area contributed by atoms with Gasteiger partial charge in [-0.1, -0.05) is 0 Å². The van der Waals surface area contributed by atoms with Crippen molar-refractivity contribution in [2.24, 2.45) is 0 Å². The van der Waals surface area contributed by atoms with Crippen LogP contribution in [0.5, 0.6) is 11.5 Å². The van der Waals surface area contributed by atoms with Gasteiger partial charge in [-0.3, -0.25) is 0 Å². The van der Waals surface area contributed by atoms with Crippen molar-refractivity contribution in [2.45, 2.75) is 6.42 Å². The van der Waals surface area contributed by atoms with Gasteiger partial charge in [-0.15, -0.1) is 0 Å². The number of amides is 1. The van der Waals surface area contributed by atoms with Gasteiger partial charge in [-0.25, -0.2) is 0 Å². The number of hydrogen-bond acceptors (Lipinski definition) is 3. The molecule has 0 spiro atoms. The Labute approximate surface area is 139 Å². The second kappa shape index (κ2) is 7.90. The summed E-state index contributed by atoms with van der Waals surface area (Å²) in [5, 5.41) is 2.94. The third-order valence-electron chi connectivity index (χ3n) is 3.35. The molecule has 0 aliphatic rings. The molecule has 1 amide bonds. The summed E-state index contributed by atoms with van der Waals surface area (Å²) < 4.78 is 11.3. The predicted molar refractivity (Wildman–Crippen MR) is 90.2 cm³/mol. The summed E-state index contributed by atoms with van der Waals surface area (Å²) in [5.74, 6) is 1.59. The Morgan fingerprint density at radius 2 is 1.82 bits per heavy atom. The van der Waals surface area contributed by atoms with Gasteiger partial charge in [0.25, 0.3) is 0 Å². The quantitative estimate of drug-likeness (QED) is 0.779. The topological polar surface area (TPSA) is 47.6 Å². The molecule has 2 rings (SSSR count). The van der Waals surface area contributed by atoms with Crippen LogP contribution in [0, 0.1) is 0 Å². The van der Waals surface area contributed by atoms with Gasteiger partial charge in [0.2, 0.25) is 0 Å². The van der Waals surface area contributed by atoms with Crippen LogP contribution < -0.4 is 19.1 Å². The number of methoxy groups -OCH3 is 2. The van der Waals surface area contributed by atoms with Crippen LogP contribution in [0.4, 0.5) is 0 Å². The molecule has 5 heteroatoms. The summed E-state index contributed by atoms with van der Waals surface area (Å²) >= 11 is 1.44. The van der Waals surface area contributed by atoms with Gasteiger partial charge in [-0.2, -0.15) is 0 Å². The van der Waals surface area contributed by atoms with Crippen LogP contribution in [-0.2, 0) is 6.42 Å². The van der Waals surface area contributed by atoms with Crippen molar-refractivity contribution in [3.63, 3.8) is 0 Å². The van der Waals surface area contributed by atoms with Gasteiger partial charge in [0.15, 0.2) is 0 Å². The van der Waals surface area contributed by atoms with E-state index in [-0.39, 0.29) is 5.91 Å². The van der Waals surface area contributed by atoms with E-state index in [0.29, 0.717) is 12.1 Å². The minimum atomic E-state index is -0.0601. The average molecular weight is 361 g/mol. The molecule has 2 aromatic rings. The molecule has 0 aliphatic heterocycles. The minimum absolute atomic E-state index is 0.0601. The molecule has 0 aliphatic carbocycles. The van der Waals surface area contributed by atoms with Gasteiger partial charge < -0.3 is 0 Å². The standard InChI is InChI=1S/C17H20AsNO3/c1-21-14-6-3-12(4-7-14)9-10-19-17(20)13-5-8-16(22-2)15(18)11-13/h3-8,11H,9-10,18H2,1-2H3,(H,19,20). The molecule has 0 saturated heterocycles. The molecule has 0 fully saturated rings. The number of carbonyl (C=O) groups excluding carboxylic acids is 1. The van der Waals surface area contributed by atoms with Gasteiger partial charge in [0.05, 0.1) is 7.11 Å². The number of nitrogens with one attached hydrogen (secondary N) is 1. The first-order valence-electron chi connectivity index (χ1n) is 6.98. The van der Waals surface area contributed by atoms with Crippen molar-refractivity contribution >= 4 is 27.1 Å². The SMILES string of the molecule is COc1ccc(CCNC(=O)c2ccc(OC)c([AsH2])c2)cc1. The van der Waals surface area contributed by atoms with E-state index >= 15 is 0 Å².